The third-order valence-electron chi connectivity index (χ3n) is 2.85. The molecular formula is C14H11BrN2S. The van der Waals surface area contributed by atoms with Crippen molar-refractivity contribution in [2.24, 2.45) is 5.73 Å². The van der Waals surface area contributed by atoms with Crippen LogP contribution in [0.15, 0.2) is 52.3 Å². The van der Waals surface area contributed by atoms with Crippen LogP contribution in [0.2, 0.25) is 0 Å². The molecule has 18 heavy (non-hydrogen) atoms. The van der Waals surface area contributed by atoms with Gasteiger partial charge in [-0.1, -0.05) is 24.3 Å². The van der Waals surface area contributed by atoms with Crippen molar-refractivity contribution in [2.45, 2.75) is 6.04 Å². The van der Waals surface area contributed by atoms with Crippen molar-refractivity contribution in [1.29, 1.82) is 0 Å². The molecule has 0 fully saturated rings. The maximum Gasteiger partial charge on any atom is 0.0831 e. The second-order valence-electron chi connectivity index (χ2n) is 4.04. The van der Waals surface area contributed by atoms with Crippen LogP contribution >= 0.6 is 27.3 Å². The zero-order valence-electron chi connectivity index (χ0n) is 9.51. The number of aromatic nitrogens is 1. The molecule has 90 valence electrons. The number of pyridine rings is 1. The first-order chi connectivity index (χ1) is 8.75. The van der Waals surface area contributed by atoms with Crippen LogP contribution in [0.5, 0.6) is 0 Å². The van der Waals surface area contributed by atoms with Crippen molar-refractivity contribution < 1.29 is 0 Å². The van der Waals surface area contributed by atoms with E-state index in [-0.39, 0.29) is 6.04 Å². The fraction of sp³-hybridized carbons (Fsp3) is 0.0714. The first-order valence-corrected chi connectivity index (χ1v) is 7.27. The van der Waals surface area contributed by atoms with Crippen LogP contribution in [0.25, 0.3) is 10.9 Å². The van der Waals surface area contributed by atoms with Crippen molar-refractivity contribution in [3.05, 3.63) is 62.9 Å². The van der Waals surface area contributed by atoms with Crippen molar-refractivity contribution in [3.8, 4) is 0 Å². The Morgan fingerprint density at radius 3 is 2.78 bits per heavy atom. The molecule has 2 aromatic heterocycles. The van der Waals surface area contributed by atoms with Gasteiger partial charge in [0.15, 0.2) is 0 Å². The van der Waals surface area contributed by atoms with Gasteiger partial charge in [-0.25, -0.2) is 4.98 Å². The summed E-state index contributed by atoms with van der Waals surface area (Å²) in [6.45, 7) is 0. The molecule has 4 heteroatoms. The molecule has 3 rings (SSSR count). The van der Waals surface area contributed by atoms with E-state index in [1.165, 1.54) is 0 Å². The van der Waals surface area contributed by atoms with E-state index in [0.717, 1.165) is 25.9 Å². The lowest BCUT2D eigenvalue weighted by Gasteiger charge is -2.12. The van der Waals surface area contributed by atoms with Crippen LogP contribution in [0.3, 0.4) is 0 Å². The first kappa shape index (κ1) is 11.8. The average Bonchev–Trinajstić information content (AvgIpc) is 2.91. The van der Waals surface area contributed by atoms with Crippen molar-refractivity contribution in [2.75, 3.05) is 0 Å². The predicted molar refractivity (Wildman–Crippen MR) is 79.8 cm³/mol. The summed E-state index contributed by atoms with van der Waals surface area (Å²) in [5.41, 5.74) is 8.13. The fourth-order valence-corrected chi connectivity index (χ4v) is 3.24. The van der Waals surface area contributed by atoms with E-state index in [1.54, 1.807) is 11.3 Å². The molecule has 0 aliphatic carbocycles. The Labute approximate surface area is 118 Å². The minimum absolute atomic E-state index is 0.177. The lowest BCUT2D eigenvalue weighted by Crippen LogP contribution is -2.13. The van der Waals surface area contributed by atoms with Gasteiger partial charge in [0.2, 0.25) is 0 Å². The summed E-state index contributed by atoms with van der Waals surface area (Å²) in [6.07, 6.45) is 0. The van der Waals surface area contributed by atoms with Crippen LogP contribution in [-0.2, 0) is 0 Å². The third kappa shape index (κ3) is 2.07. The Hall–Kier alpha value is -1.23. The Morgan fingerprint density at radius 1 is 1.17 bits per heavy atom. The molecule has 0 aliphatic rings. The number of para-hydroxylation sites is 1. The van der Waals surface area contributed by atoms with Crippen LogP contribution in [0, 0.1) is 0 Å². The molecule has 0 bridgehead atoms. The number of thiophene rings is 1. The topological polar surface area (TPSA) is 38.9 Å². The number of fused-ring (bicyclic) bond motifs is 1. The van der Waals surface area contributed by atoms with Gasteiger partial charge in [0.05, 0.1) is 17.3 Å². The number of nitrogens with zero attached hydrogens (tertiary/aromatic N) is 1. The highest BCUT2D eigenvalue weighted by atomic mass is 79.9. The lowest BCUT2D eigenvalue weighted by molar-refractivity contribution is 0.848. The molecule has 0 spiro atoms. The van der Waals surface area contributed by atoms with Gasteiger partial charge in [0.25, 0.3) is 0 Å². The van der Waals surface area contributed by atoms with Gasteiger partial charge >= 0.3 is 0 Å². The van der Waals surface area contributed by atoms with Gasteiger partial charge in [-0.15, -0.1) is 11.3 Å². The van der Waals surface area contributed by atoms with E-state index in [4.69, 9.17) is 5.73 Å². The summed E-state index contributed by atoms with van der Waals surface area (Å²) in [5.74, 6) is 0. The van der Waals surface area contributed by atoms with Crippen molar-refractivity contribution in [3.63, 3.8) is 0 Å². The van der Waals surface area contributed by atoms with E-state index in [2.05, 4.69) is 27.0 Å². The van der Waals surface area contributed by atoms with Gasteiger partial charge in [-0.3, -0.25) is 0 Å². The van der Waals surface area contributed by atoms with E-state index >= 15 is 0 Å². The molecule has 0 amide bonds. The second kappa shape index (κ2) is 4.80. The smallest absolute Gasteiger partial charge is 0.0831 e. The molecule has 0 aliphatic heterocycles. The highest BCUT2D eigenvalue weighted by molar-refractivity contribution is 9.10. The highest BCUT2D eigenvalue weighted by Gasteiger charge is 2.15. The number of rotatable bonds is 2. The van der Waals surface area contributed by atoms with E-state index in [1.807, 2.05) is 41.8 Å². The Kier molecular flexibility index (Phi) is 3.16. The lowest BCUT2D eigenvalue weighted by atomic mass is 10.1. The zero-order valence-corrected chi connectivity index (χ0v) is 11.9. The van der Waals surface area contributed by atoms with Crippen LogP contribution in [-0.4, -0.2) is 4.98 Å². The van der Waals surface area contributed by atoms with Gasteiger partial charge in [0.1, 0.15) is 0 Å². The van der Waals surface area contributed by atoms with Crippen LogP contribution < -0.4 is 5.73 Å². The van der Waals surface area contributed by atoms with E-state index in [9.17, 15) is 0 Å². The van der Waals surface area contributed by atoms with E-state index in [0.29, 0.717) is 0 Å². The van der Waals surface area contributed by atoms with E-state index < -0.39 is 0 Å². The van der Waals surface area contributed by atoms with Gasteiger partial charge in [0, 0.05) is 14.7 Å². The number of nitrogens with two attached hydrogens (primary N) is 1. The fourth-order valence-electron chi connectivity index (χ4n) is 1.93. The minimum atomic E-state index is -0.177. The standard InChI is InChI=1S/C14H11BrN2S/c15-10-8-9-4-1-2-5-11(9)17-14(10)13(16)12-6-3-7-18-12/h1-8,13H,16H2. The predicted octanol–water partition coefficient (Wildman–Crippen LogP) is 4.11. The molecule has 3 aromatic rings. The molecular weight excluding hydrogens is 308 g/mol. The molecule has 2 N–H and O–H groups in total. The molecule has 1 aromatic carbocycles. The summed E-state index contributed by atoms with van der Waals surface area (Å²) < 4.78 is 0.960. The van der Waals surface area contributed by atoms with Crippen LogP contribution in [0.1, 0.15) is 16.6 Å². The van der Waals surface area contributed by atoms with Crippen LogP contribution in [0.4, 0.5) is 0 Å². The quantitative estimate of drug-likeness (QED) is 0.772. The zero-order chi connectivity index (χ0) is 12.5. The Balaban J connectivity index is 2.14. The minimum Gasteiger partial charge on any atom is -0.318 e. The Bertz CT molecular complexity index is 679. The highest BCUT2D eigenvalue weighted by Crippen LogP contribution is 2.30. The summed E-state index contributed by atoms with van der Waals surface area (Å²) in [5, 5.41) is 3.15. The summed E-state index contributed by atoms with van der Waals surface area (Å²) in [4.78, 5) is 5.79. The van der Waals surface area contributed by atoms with Gasteiger partial charge in [-0.05, 0) is 39.5 Å². The summed E-state index contributed by atoms with van der Waals surface area (Å²) in [6, 6.07) is 14.0. The van der Waals surface area contributed by atoms with Crippen molar-refractivity contribution in [1.82, 2.24) is 4.98 Å². The molecule has 1 unspecified atom stereocenters. The third-order valence-corrected chi connectivity index (χ3v) is 4.44. The van der Waals surface area contributed by atoms with Gasteiger partial charge in [-0.2, -0.15) is 0 Å². The number of benzene rings is 1. The largest absolute Gasteiger partial charge is 0.318 e. The summed E-state index contributed by atoms with van der Waals surface area (Å²) >= 11 is 5.22. The normalized spacial score (nSPS) is 12.8. The number of hydrogen-bond acceptors (Lipinski definition) is 3. The monoisotopic (exact) mass is 318 g/mol. The van der Waals surface area contributed by atoms with Crippen molar-refractivity contribution >= 4 is 38.2 Å². The maximum atomic E-state index is 6.27. The first-order valence-electron chi connectivity index (χ1n) is 5.60. The SMILES string of the molecule is NC(c1cccs1)c1nc2ccccc2cc1Br. The molecule has 0 saturated carbocycles. The Morgan fingerprint density at radius 2 is 2.00 bits per heavy atom. The number of halogens is 1. The molecule has 0 radical (unpaired) electrons. The molecule has 2 heterocycles. The molecule has 0 saturated heterocycles. The van der Waals surface area contributed by atoms with Gasteiger partial charge < -0.3 is 5.73 Å². The maximum absolute atomic E-state index is 6.27. The second-order valence-corrected chi connectivity index (χ2v) is 5.87. The average molecular weight is 319 g/mol. The number of hydrogen-bond donors (Lipinski definition) is 1. The molecule has 2 nitrogen and oxygen atoms in total. The summed E-state index contributed by atoms with van der Waals surface area (Å²) in [7, 11) is 0. The molecule has 1 atom stereocenters.